The summed E-state index contributed by atoms with van der Waals surface area (Å²) in [5.41, 5.74) is 1.76. The van der Waals surface area contributed by atoms with Gasteiger partial charge < -0.3 is 9.84 Å². The van der Waals surface area contributed by atoms with Gasteiger partial charge in [0.15, 0.2) is 5.82 Å². The fourth-order valence-corrected chi connectivity index (χ4v) is 1.83. The lowest BCUT2D eigenvalue weighted by Gasteiger charge is -2.06. The first-order valence-electron chi connectivity index (χ1n) is 8.02. The van der Waals surface area contributed by atoms with E-state index in [9.17, 15) is 10.1 Å². The van der Waals surface area contributed by atoms with E-state index in [-0.39, 0.29) is 11.6 Å². The maximum absolute atomic E-state index is 10.6. The molecule has 0 radical (unpaired) electrons. The van der Waals surface area contributed by atoms with Gasteiger partial charge in [-0.25, -0.2) is 0 Å². The van der Waals surface area contributed by atoms with Crippen molar-refractivity contribution in [3.63, 3.8) is 0 Å². The van der Waals surface area contributed by atoms with Crippen LogP contribution in [0.25, 0.3) is 0 Å². The second-order valence-electron chi connectivity index (χ2n) is 5.81. The molecule has 1 N–H and O–H groups in total. The van der Waals surface area contributed by atoms with Crippen molar-refractivity contribution in [1.29, 1.82) is 0 Å². The molecule has 0 amide bonds. The third-order valence-corrected chi connectivity index (χ3v) is 2.97. The number of nitro benzene ring substituents is 1. The fourth-order valence-electron chi connectivity index (χ4n) is 1.83. The molecular formula is C18H25N3O3. The number of aromatic nitrogens is 1. The number of nitrogens with one attached hydrogen (secondary N) is 1. The summed E-state index contributed by atoms with van der Waals surface area (Å²) in [5.74, 6) is 1.70. The van der Waals surface area contributed by atoms with Crippen molar-refractivity contribution in [2.24, 2.45) is 0 Å². The Balaban J connectivity index is 0.000000891. The molecular weight excluding hydrogens is 306 g/mol. The van der Waals surface area contributed by atoms with Crippen molar-refractivity contribution in [3.8, 4) is 0 Å². The van der Waals surface area contributed by atoms with E-state index in [1.54, 1.807) is 12.1 Å². The lowest BCUT2D eigenvalue weighted by molar-refractivity contribution is -0.384. The molecule has 1 aromatic carbocycles. The molecule has 0 fully saturated rings. The molecule has 0 aliphatic carbocycles. The third-order valence-electron chi connectivity index (χ3n) is 2.97. The zero-order chi connectivity index (χ0) is 18.1. The van der Waals surface area contributed by atoms with Gasteiger partial charge in [-0.05, 0) is 5.56 Å². The van der Waals surface area contributed by atoms with E-state index >= 15 is 0 Å². The van der Waals surface area contributed by atoms with Crippen molar-refractivity contribution in [3.05, 3.63) is 64.0 Å². The number of hydrogen-bond acceptors (Lipinski definition) is 5. The van der Waals surface area contributed by atoms with Gasteiger partial charge in [0, 0.05) is 36.2 Å². The molecule has 0 unspecified atom stereocenters. The average Bonchev–Trinajstić information content (AvgIpc) is 2.97. The Morgan fingerprint density at radius 3 is 2.38 bits per heavy atom. The molecule has 0 atom stereocenters. The summed E-state index contributed by atoms with van der Waals surface area (Å²) in [6.07, 6.45) is 1.81. The highest BCUT2D eigenvalue weighted by Gasteiger charge is 2.09. The van der Waals surface area contributed by atoms with Crippen LogP contribution in [0.1, 0.15) is 51.4 Å². The molecule has 24 heavy (non-hydrogen) atoms. The topological polar surface area (TPSA) is 81.2 Å². The van der Waals surface area contributed by atoms with E-state index in [1.165, 1.54) is 18.6 Å². The quantitative estimate of drug-likeness (QED) is 0.574. The van der Waals surface area contributed by atoms with Crippen LogP contribution in [-0.4, -0.2) is 10.1 Å². The Bertz CT molecular complexity index is 660. The second kappa shape index (κ2) is 9.50. The normalized spacial score (nSPS) is 10.0. The predicted octanol–water partition coefficient (Wildman–Crippen LogP) is 5.29. The van der Waals surface area contributed by atoms with Crippen molar-refractivity contribution in [1.82, 2.24) is 5.16 Å². The second-order valence-corrected chi connectivity index (χ2v) is 5.81. The fraction of sp³-hybridized carbons (Fsp3) is 0.389. The molecule has 0 saturated carbocycles. The Hall–Kier alpha value is -2.63. The number of nitrogens with zero attached hydrogens (tertiary/aromatic N) is 2. The van der Waals surface area contributed by atoms with Crippen LogP contribution in [0, 0.1) is 10.1 Å². The smallest absolute Gasteiger partial charge is 0.269 e. The third kappa shape index (κ3) is 6.24. The number of rotatable bonds is 6. The number of allylic oxidation sites excluding steroid dienone is 1. The van der Waals surface area contributed by atoms with Gasteiger partial charge in [0.25, 0.3) is 5.69 Å². The molecule has 130 valence electrons. The van der Waals surface area contributed by atoms with Gasteiger partial charge in [-0.2, -0.15) is 0 Å². The highest BCUT2D eigenvalue weighted by Crippen LogP contribution is 2.20. The highest BCUT2D eigenvalue weighted by molar-refractivity contribution is 5.43. The monoisotopic (exact) mass is 331 g/mol. The van der Waals surface area contributed by atoms with Crippen LogP contribution < -0.4 is 5.32 Å². The lowest BCUT2D eigenvalue weighted by atomic mass is 10.1. The van der Waals surface area contributed by atoms with Gasteiger partial charge in [0.1, 0.15) is 5.76 Å². The van der Waals surface area contributed by atoms with E-state index < -0.39 is 4.92 Å². The van der Waals surface area contributed by atoms with Crippen LogP contribution in [0.5, 0.6) is 0 Å². The Morgan fingerprint density at radius 2 is 1.92 bits per heavy atom. The number of anilines is 1. The van der Waals surface area contributed by atoms with Crippen LogP contribution >= 0.6 is 0 Å². The highest BCUT2D eigenvalue weighted by atomic mass is 16.6. The molecule has 0 saturated heterocycles. The number of non-ortho nitro benzene ring substituents is 1. The summed E-state index contributed by atoms with van der Waals surface area (Å²) in [7, 11) is 0. The number of benzene rings is 1. The Kier molecular flexibility index (Phi) is 7.68. The van der Waals surface area contributed by atoms with E-state index in [0.717, 1.165) is 17.0 Å². The summed E-state index contributed by atoms with van der Waals surface area (Å²) >= 11 is 0. The molecule has 0 spiro atoms. The largest absolute Gasteiger partial charge is 0.359 e. The summed E-state index contributed by atoms with van der Waals surface area (Å²) in [6.45, 7) is 12.2. The summed E-state index contributed by atoms with van der Waals surface area (Å²) in [4.78, 5) is 10.2. The molecule has 1 heterocycles. The number of nitro groups is 1. The first kappa shape index (κ1) is 19.4. The first-order chi connectivity index (χ1) is 11.4. The van der Waals surface area contributed by atoms with Gasteiger partial charge >= 0.3 is 0 Å². The molecule has 0 bridgehead atoms. The van der Waals surface area contributed by atoms with Crippen LogP contribution in [0.3, 0.4) is 0 Å². The average molecular weight is 331 g/mol. The zero-order valence-corrected chi connectivity index (χ0v) is 14.7. The molecule has 1 aromatic heterocycles. The van der Waals surface area contributed by atoms with Crippen molar-refractivity contribution < 1.29 is 9.45 Å². The molecule has 2 rings (SSSR count). The standard InChI is InChI=1S/C15H17N3O3.C3H8/c1-10(2)14-9-15(17-21-14)16-11(3)8-12-4-6-13(7-5-12)18(19)20;1-3-2/h4-7,9-10H,3,8H2,1-2H3,(H,16,17);3H2,1-2H3. The van der Waals surface area contributed by atoms with Crippen LogP contribution in [0.2, 0.25) is 0 Å². The molecule has 6 heteroatoms. The molecule has 2 aromatic rings. The van der Waals surface area contributed by atoms with Gasteiger partial charge in [-0.15, -0.1) is 0 Å². The van der Waals surface area contributed by atoms with Gasteiger partial charge in [0.05, 0.1) is 4.92 Å². The summed E-state index contributed by atoms with van der Waals surface area (Å²) in [6, 6.07) is 8.23. The summed E-state index contributed by atoms with van der Waals surface area (Å²) < 4.78 is 5.19. The van der Waals surface area contributed by atoms with Crippen LogP contribution in [0.4, 0.5) is 11.5 Å². The van der Waals surface area contributed by atoms with Gasteiger partial charge in [0.2, 0.25) is 0 Å². The molecule has 0 aliphatic rings. The van der Waals surface area contributed by atoms with Crippen molar-refractivity contribution >= 4 is 11.5 Å². The first-order valence-corrected chi connectivity index (χ1v) is 8.02. The molecule has 0 aliphatic heterocycles. The van der Waals surface area contributed by atoms with Crippen LogP contribution in [-0.2, 0) is 6.42 Å². The zero-order valence-electron chi connectivity index (χ0n) is 14.7. The Labute approximate surface area is 142 Å². The lowest BCUT2D eigenvalue weighted by Crippen LogP contribution is -2.01. The SMILES string of the molecule is C=C(Cc1ccc([N+](=O)[O-])cc1)Nc1cc(C(C)C)on1.CCC. The van der Waals surface area contributed by atoms with E-state index in [4.69, 9.17) is 4.52 Å². The van der Waals surface area contributed by atoms with Crippen molar-refractivity contribution in [2.45, 2.75) is 46.5 Å². The van der Waals surface area contributed by atoms with E-state index in [0.29, 0.717) is 12.2 Å². The number of hydrogen-bond donors (Lipinski definition) is 1. The Morgan fingerprint density at radius 1 is 1.33 bits per heavy atom. The van der Waals surface area contributed by atoms with E-state index in [1.807, 2.05) is 19.9 Å². The molecule has 6 nitrogen and oxygen atoms in total. The minimum absolute atomic E-state index is 0.0791. The van der Waals surface area contributed by atoms with Gasteiger partial charge in [-0.3, -0.25) is 10.1 Å². The predicted molar refractivity (Wildman–Crippen MR) is 96.1 cm³/mol. The minimum atomic E-state index is -0.417. The maximum Gasteiger partial charge on any atom is 0.269 e. The van der Waals surface area contributed by atoms with Gasteiger partial charge in [-0.1, -0.05) is 58.0 Å². The summed E-state index contributed by atoms with van der Waals surface area (Å²) in [5, 5.41) is 17.6. The van der Waals surface area contributed by atoms with Crippen molar-refractivity contribution in [2.75, 3.05) is 5.32 Å². The minimum Gasteiger partial charge on any atom is -0.359 e. The van der Waals surface area contributed by atoms with E-state index in [2.05, 4.69) is 30.9 Å². The maximum atomic E-state index is 10.6. The van der Waals surface area contributed by atoms with Crippen LogP contribution in [0.15, 0.2) is 47.1 Å².